The molecule has 0 radical (unpaired) electrons. The summed E-state index contributed by atoms with van der Waals surface area (Å²) in [7, 11) is 0. The Balaban J connectivity index is 2.29. The molecule has 1 atom stereocenters. The molecule has 0 aromatic rings. The third-order valence-electron chi connectivity index (χ3n) is 4.32. The zero-order valence-electron chi connectivity index (χ0n) is 11.1. The molecular weight excluding hydrogens is 180 g/mol. The highest BCUT2D eigenvalue weighted by molar-refractivity contribution is 4.68. The van der Waals surface area contributed by atoms with Crippen molar-refractivity contribution in [2.45, 2.75) is 78.6 Å². The average molecular weight is 210 g/mol. The second-order valence-corrected chi connectivity index (χ2v) is 6.02. The Kier molecular flexibility index (Phi) is 6.36. The summed E-state index contributed by atoms with van der Waals surface area (Å²) < 4.78 is 0. The van der Waals surface area contributed by atoms with E-state index in [9.17, 15) is 0 Å². The quantitative estimate of drug-likeness (QED) is 0.583. The number of rotatable bonds is 3. The molecule has 1 fully saturated rings. The molecule has 1 rings (SSSR count). The van der Waals surface area contributed by atoms with Crippen LogP contribution in [0.25, 0.3) is 0 Å². The SMILES string of the molecule is CC(C)C(C)CC1CCCCCCCC1. The number of hydrogen-bond donors (Lipinski definition) is 0. The van der Waals surface area contributed by atoms with Crippen molar-refractivity contribution in [2.75, 3.05) is 0 Å². The smallest absolute Gasteiger partial charge is 0.0412 e. The van der Waals surface area contributed by atoms with E-state index in [1.54, 1.807) is 0 Å². The van der Waals surface area contributed by atoms with Crippen molar-refractivity contribution in [3.63, 3.8) is 0 Å². The highest BCUT2D eigenvalue weighted by atomic mass is 14.2. The van der Waals surface area contributed by atoms with Crippen LogP contribution in [0, 0.1) is 17.8 Å². The zero-order valence-corrected chi connectivity index (χ0v) is 11.1. The lowest BCUT2D eigenvalue weighted by molar-refractivity contribution is 0.288. The van der Waals surface area contributed by atoms with Crippen LogP contribution in [0.2, 0.25) is 0 Å². The van der Waals surface area contributed by atoms with Crippen LogP contribution in [0.3, 0.4) is 0 Å². The molecule has 0 nitrogen and oxygen atoms in total. The molecule has 0 aliphatic heterocycles. The second kappa shape index (κ2) is 7.30. The van der Waals surface area contributed by atoms with E-state index in [4.69, 9.17) is 0 Å². The standard InChI is InChI=1S/C15H30/c1-13(2)14(3)12-15-10-8-6-4-5-7-9-11-15/h13-15H,4-12H2,1-3H3. The van der Waals surface area contributed by atoms with Crippen LogP contribution in [0.1, 0.15) is 78.6 Å². The molecule has 0 heterocycles. The predicted octanol–water partition coefficient (Wildman–Crippen LogP) is 5.42. The first kappa shape index (κ1) is 13.1. The van der Waals surface area contributed by atoms with E-state index in [-0.39, 0.29) is 0 Å². The largest absolute Gasteiger partial charge is 0.0625 e. The minimum Gasteiger partial charge on any atom is -0.0625 e. The van der Waals surface area contributed by atoms with Gasteiger partial charge in [0.15, 0.2) is 0 Å². The van der Waals surface area contributed by atoms with Gasteiger partial charge in [0.1, 0.15) is 0 Å². The van der Waals surface area contributed by atoms with Gasteiger partial charge in [-0.2, -0.15) is 0 Å². The van der Waals surface area contributed by atoms with E-state index in [0.29, 0.717) is 0 Å². The van der Waals surface area contributed by atoms with Gasteiger partial charge in [0.2, 0.25) is 0 Å². The van der Waals surface area contributed by atoms with Crippen LogP contribution in [-0.2, 0) is 0 Å². The van der Waals surface area contributed by atoms with Crippen molar-refractivity contribution >= 4 is 0 Å². The minimum absolute atomic E-state index is 0.873. The average Bonchev–Trinajstić information content (AvgIpc) is 2.31. The summed E-state index contributed by atoms with van der Waals surface area (Å²) >= 11 is 0. The van der Waals surface area contributed by atoms with Crippen molar-refractivity contribution < 1.29 is 0 Å². The highest BCUT2D eigenvalue weighted by Crippen LogP contribution is 2.29. The summed E-state index contributed by atoms with van der Waals surface area (Å²) in [6.07, 6.45) is 13.5. The van der Waals surface area contributed by atoms with E-state index in [2.05, 4.69) is 20.8 Å². The van der Waals surface area contributed by atoms with Crippen molar-refractivity contribution in [1.29, 1.82) is 0 Å². The van der Waals surface area contributed by atoms with E-state index in [0.717, 1.165) is 17.8 Å². The highest BCUT2D eigenvalue weighted by Gasteiger charge is 2.16. The van der Waals surface area contributed by atoms with Crippen molar-refractivity contribution in [3.8, 4) is 0 Å². The second-order valence-electron chi connectivity index (χ2n) is 6.02. The Morgan fingerprint density at radius 3 is 1.73 bits per heavy atom. The molecule has 90 valence electrons. The van der Waals surface area contributed by atoms with Gasteiger partial charge in [-0.15, -0.1) is 0 Å². The summed E-state index contributed by atoms with van der Waals surface area (Å²) in [4.78, 5) is 0. The van der Waals surface area contributed by atoms with Crippen LogP contribution < -0.4 is 0 Å². The van der Waals surface area contributed by atoms with Crippen LogP contribution in [-0.4, -0.2) is 0 Å². The molecule has 15 heavy (non-hydrogen) atoms. The normalized spacial score (nSPS) is 23.2. The molecule has 0 aromatic carbocycles. The summed E-state index contributed by atoms with van der Waals surface area (Å²) in [6, 6.07) is 0. The molecule has 0 spiro atoms. The maximum Gasteiger partial charge on any atom is -0.0412 e. The minimum atomic E-state index is 0.873. The van der Waals surface area contributed by atoms with E-state index in [1.807, 2.05) is 0 Å². The molecule has 0 saturated heterocycles. The van der Waals surface area contributed by atoms with Crippen molar-refractivity contribution in [2.24, 2.45) is 17.8 Å². The monoisotopic (exact) mass is 210 g/mol. The van der Waals surface area contributed by atoms with Crippen molar-refractivity contribution in [1.82, 2.24) is 0 Å². The first-order chi connectivity index (χ1) is 7.20. The Morgan fingerprint density at radius 1 is 0.800 bits per heavy atom. The third kappa shape index (κ3) is 5.58. The van der Waals surface area contributed by atoms with E-state index in [1.165, 1.54) is 57.8 Å². The van der Waals surface area contributed by atoms with Gasteiger partial charge in [-0.3, -0.25) is 0 Å². The molecule has 1 aliphatic rings. The lowest BCUT2D eigenvalue weighted by atomic mass is 9.83. The molecule has 1 saturated carbocycles. The molecule has 0 heteroatoms. The molecule has 1 aliphatic carbocycles. The van der Waals surface area contributed by atoms with Gasteiger partial charge in [-0.25, -0.2) is 0 Å². The van der Waals surface area contributed by atoms with Gasteiger partial charge in [0.25, 0.3) is 0 Å². The van der Waals surface area contributed by atoms with Gasteiger partial charge < -0.3 is 0 Å². The fourth-order valence-corrected chi connectivity index (χ4v) is 2.75. The Hall–Kier alpha value is 0. The summed E-state index contributed by atoms with van der Waals surface area (Å²) in [6.45, 7) is 7.19. The molecular formula is C15H30. The van der Waals surface area contributed by atoms with Gasteiger partial charge in [0.05, 0.1) is 0 Å². The zero-order chi connectivity index (χ0) is 11.1. The number of hydrogen-bond acceptors (Lipinski definition) is 0. The van der Waals surface area contributed by atoms with Crippen LogP contribution in [0.4, 0.5) is 0 Å². The Morgan fingerprint density at radius 2 is 1.27 bits per heavy atom. The van der Waals surface area contributed by atoms with Crippen LogP contribution in [0.15, 0.2) is 0 Å². The van der Waals surface area contributed by atoms with Gasteiger partial charge in [0, 0.05) is 0 Å². The lowest BCUT2D eigenvalue weighted by Crippen LogP contribution is -2.11. The fourth-order valence-electron chi connectivity index (χ4n) is 2.75. The van der Waals surface area contributed by atoms with Gasteiger partial charge in [-0.05, 0) is 24.2 Å². The first-order valence-corrected chi connectivity index (χ1v) is 7.20. The molecule has 0 N–H and O–H groups in total. The summed E-state index contributed by atoms with van der Waals surface area (Å²) in [5, 5.41) is 0. The fraction of sp³-hybridized carbons (Fsp3) is 1.00. The molecule has 0 amide bonds. The van der Waals surface area contributed by atoms with Crippen molar-refractivity contribution in [3.05, 3.63) is 0 Å². The molecule has 0 bridgehead atoms. The maximum absolute atomic E-state index is 2.44. The van der Waals surface area contributed by atoms with E-state index < -0.39 is 0 Å². The molecule has 0 aromatic heterocycles. The third-order valence-corrected chi connectivity index (χ3v) is 4.32. The summed E-state index contributed by atoms with van der Waals surface area (Å²) in [5.41, 5.74) is 0. The van der Waals surface area contributed by atoms with Gasteiger partial charge >= 0.3 is 0 Å². The van der Waals surface area contributed by atoms with Crippen LogP contribution in [0.5, 0.6) is 0 Å². The Bertz CT molecular complexity index is 138. The predicted molar refractivity (Wildman–Crippen MR) is 69.0 cm³/mol. The summed E-state index contributed by atoms with van der Waals surface area (Å²) in [5.74, 6) is 2.84. The topological polar surface area (TPSA) is 0 Å². The lowest BCUT2D eigenvalue weighted by Gasteiger charge is -2.23. The Labute approximate surface area is 96.8 Å². The molecule has 1 unspecified atom stereocenters. The maximum atomic E-state index is 2.44. The van der Waals surface area contributed by atoms with Crippen LogP contribution >= 0.6 is 0 Å². The first-order valence-electron chi connectivity index (χ1n) is 7.20. The van der Waals surface area contributed by atoms with Gasteiger partial charge in [-0.1, -0.05) is 72.1 Å². The van der Waals surface area contributed by atoms with E-state index >= 15 is 0 Å².